The van der Waals surface area contributed by atoms with Crippen LogP contribution in [0.1, 0.15) is 20.3 Å². The molecule has 0 bridgehead atoms. The van der Waals surface area contributed by atoms with Crippen molar-refractivity contribution < 1.29 is 44.1 Å². The average Bonchev–Trinajstić information content (AvgIpc) is 2.73. The highest BCUT2D eigenvalue weighted by Gasteiger charge is 2.33. The van der Waals surface area contributed by atoms with Crippen LogP contribution in [-0.2, 0) is 28.8 Å². The SMILES string of the molecule is C[C@H](NC(=O)[C@@H](NC(=O)[C@H](CC(N)=O)NC(=O)[C@H](CS)NC(=O)[C@@H](N)CO)[C@@H](C)O)C(=O)O. The summed E-state index contributed by atoms with van der Waals surface area (Å²) < 4.78 is 0. The van der Waals surface area contributed by atoms with Crippen LogP contribution in [0.15, 0.2) is 0 Å². The zero-order valence-electron chi connectivity index (χ0n) is 18.0. The van der Waals surface area contributed by atoms with E-state index in [1.165, 1.54) is 0 Å². The number of amides is 5. The number of carbonyl (C=O) groups is 6. The van der Waals surface area contributed by atoms with Crippen molar-refractivity contribution >= 4 is 48.1 Å². The summed E-state index contributed by atoms with van der Waals surface area (Å²) in [5.74, 6) is -6.56. The molecule has 0 aromatic rings. The summed E-state index contributed by atoms with van der Waals surface area (Å²) in [7, 11) is 0. The Kier molecular flexibility index (Phi) is 13.0. The van der Waals surface area contributed by atoms with Crippen LogP contribution in [-0.4, -0.2) is 99.5 Å². The van der Waals surface area contributed by atoms with Crippen molar-refractivity contribution in [1.82, 2.24) is 21.3 Å². The molecule has 0 heterocycles. The van der Waals surface area contributed by atoms with Crippen LogP contribution < -0.4 is 32.7 Å². The Morgan fingerprint density at radius 2 is 1.39 bits per heavy atom. The van der Waals surface area contributed by atoms with E-state index in [1.807, 2.05) is 0 Å². The maximum Gasteiger partial charge on any atom is 0.325 e. The van der Waals surface area contributed by atoms with Crippen molar-refractivity contribution in [2.75, 3.05) is 12.4 Å². The second-order valence-electron chi connectivity index (χ2n) is 7.06. The zero-order valence-corrected chi connectivity index (χ0v) is 18.9. The van der Waals surface area contributed by atoms with Gasteiger partial charge in [0.1, 0.15) is 30.2 Å². The van der Waals surface area contributed by atoms with E-state index in [9.17, 15) is 33.9 Å². The Morgan fingerprint density at radius 3 is 1.82 bits per heavy atom. The predicted molar refractivity (Wildman–Crippen MR) is 115 cm³/mol. The second kappa shape index (κ2) is 14.2. The molecule has 0 spiro atoms. The van der Waals surface area contributed by atoms with Crippen LogP contribution in [0.25, 0.3) is 0 Å². The summed E-state index contributed by atoms with van der Waals surface area (Å²) in [5.41, 5.74) is 10.5. The molecule has 33 heavy (non-hydrogen) atoms. The lowest BCUT2D eigenvalue weighted by molar-refractivity contribution is -0.142. The van der Waals surface area contributed by atoms with Crippen molar-refractivity contribution in [3.63, 3.8) is 0 Å². The molecule has 0 aromatic heterocycles. The van der Waals surface area contributed by atoms with Gasteiger partial charge in [-0.1, -0.05) is 0 Å². The molecule has 6 atom stereocenters. The fourth-order valence-corrected chi connectivity index (χ4v) is 2.52. The van der Waals surface area contributed by atoms with E-state index in [0.29, 0.717) is 0 Å². The van der Waals surface area contributed by atoms with Gasteiger partial charge in [-0.15, -0.1) is 0 Å². The van der Waals surface area contributed by atoms with E-state index in [2.05, 4.69) is 33.9 Å². The van der Waals surface area contributed by atoms with Crippen LogP contribution in [0, 0.1) is 0 Å². The van der Waals surface area contributed by atoms with Crippen molar-refractivity contribution in [1.29, 1.82) is 0 Å². The minimum absolute atomic E-state index is 0.244. The number of aliphatic carboxylic acids is 1. The largest absolute Gasteiger partial charge is 0.480 e. The first-order chi connectivity index (χ1) is 15.2. The first kappa shape index (κ1) is 30.0. The highest BCUT2D eigenvalue weighted by molar-refractivity contribution is 7.80. The Bertz CT molecular complexity index is 750. The molecule has 0 saturated heterocycles. The molecule has 0 aliphatic carbocycles. The lowest BCUT2D eigenvalue weighted by atomic mass is 10.1. The van der Waals surface area contributed by atoms with Crippen LogP contribution in [0.4, 0.5) is 0 Å². The number of nitrogens with two attached hydrogens (primary N) is 2. The molecule has 0 unspecified atom stereocenters. The van der Waals surface area contributed by atoms with E-state index in [4.69, 9.17) is 21.7 Å². The molecule has 15 nitrogen and oxygen atoms in total. The average molecular weight is 495 g/mol. The van der Waals surface area contributed by atoms with Gasteiger partial charge in [-0.3, -0.25) is 28.8 Å². The summed E-state index contributed by atoms with van der Waals surface area (Å²) in [4.78, 5) is 71.5. The smallest absolute Gasteiger partial charge is 0.325 e. The van der Waals surface area contributed by atoms with Crippen LogP contribution in [0.5, 0.6) is 0 Å². The Labute approximate surface area is 194 Å². The molecule has 0 fully saturated rings. The second-order valence-corrected chi connectivity index (χ2v) is 7.42. The number of rotatable bonds is 14. The molecule has 11 N–H and O–H groups in total. The number of thiol groups is 1. The maximum absolute atomic E-state index is 12.6. The molecule has 0 aliphatic rings. The molecule has 16 heteroatoms. The van der Waals surface area contributed by atoms with Crippen molar-refractivity contribution in [3.8, 4) is 0 Å². The minimum Gasteiger partial charge on any atom is -0.480 e. The number of primary amides is 1. The molecule has 0 rings (SSSR count). The molecule has 188 valence electrons. The number of aliphatic hydroxyl groups excluding tert-OH is 2. The summed E-state index contributed by atoms with van der Waals surface area (Å²) in [5, 5.41) is 36.2. The van der Waals surface area contributed by atoms with Gasteiger partial charge in [-0.2, -0.15) is 12.6 Å². The van der Waals surface area contributed by atoms with Gasteiger partial charge in [0.05, 0.1) is 19.1 Å². The Balaban J connectivity index is 5.48. The van der Waals surface area contributed by atoms with Crippen molar-refractivity contribution in [2.24, 2.45) is 11.5 Å². The first-order valence-corrected chi connectivity index (χ1v) is 10.3. The number of nitrogens with one attached hydrogen (secondary N) is 4. The lowest BCUT2D eigenvalue weighted by Crippen LogP contribution is -2.61. The number of carbonyl (C=O) groups excluding carboxylic acids is 5. The maximum atomic E-state index is 12.6. The van der Waals surface area contributed by atoms with Crippen molar-refractivity contribution in [3.05, 3.63) is 0 Å². The number of carboxylic acids is 1. The zero-order chi connectivity index (χ0) is 25.9. The van der Waals surface area contributed by atoms with Gasteiger partial charge in [0.15, 0.2) is 0 Å². The van der Waals surface area contributed by atoms with Gasteiger partial charge in [0.25, 0.3) is 0 Å². The molecular formula is C17H30N6O9S. The fourth-order valence-electron chi connectivity index (χ4n) is 2.26. The quantitative estimate of drug-likeness (QED) is 0.102. The van der Waals surface area contributed by atoms with Gasteiger partial charge < -0.3 is 48.1 Å². The summed E-state index contributed by atoms with van der Waals surface area (Å²) in [6.07, 6.45) is -2.19. The molecule has 0 aromatic carbocycles. The minimum atomic E-state index is -1.63. The van der Waals surface area contributed by atoms with Gasteiger partial charge in [0, 0.05) is 5.75 Å². The standard InChI is InChI=1S/C17H30N6O9S/c1-6(17(31)32)20-16(30)12(7(2)25)23-14(28)9(3-11(19)26)21-15(29)10(5-33)22-13(27)8(18)4-24/h6-10,12,24-25,33H,3-5,18H2,1-2H3,(H2,19,26)(H,20,30)(H,21,29)(H,22,27)(H,23,28)(H,31,32)/t6-,7+,8-,9-,10-,12-/m0/s1. The summed E-state index contributed by atoms with van der Waals surface area (Å²) in [6.45, 7) is 1.61. The molecule has 5 amide bonds. The number of carboxylic acid groups (broad SMARTS) is 1. The third kappa shape index (κ3) is 10.5. The molecule has 0 saturated carbocycles. The van der Waals surface area contributed by atoms with Crippen LogP contribution in [0.3, 0.4) is 0 Å². The van der Waals surface area contributed by atoms with Gasteiger partial charge in [-0.25, -0.2) is 0 Å². The Hall–Kier alpha value is -2.95. The van der Waals surface area contributed by atoms with Crippen LogP contribution >= 0.6 is 12.6 Å². The summed E-state index contributed by atoms with van der Waals surface area (Å²) >= 11 is 3.92. The Morgan fingerprint density at radius 1 is 0.879 bits per heavy atom. The topological polar surface area (TPSA) is 263 Å². The number of hydrogen-bond donors (Lipinski definition) is 10. The third-order valence-corrected chi connectivity index (χ3v) is 4.54. The molecule has 0 aliphatic heterocycles. The summed E-state index contributed by atoms with van der Waals surface area (Å²) in [6, 6.07) is -7.21. The van der Waals surface area contributed by atoms with E-state index < -0.39 is 84.8 Å². The fraction of sp³-hybridized carbons (Fsp3) is 0.647. The molecule has 0 radical (unpaired) electrons. The highest BCUT2D eigenvalue weighted by atomic mass is 32.1. The predicted octanol–water partition coefficient (Wildman–Crippen LogP) is -5.46. The van der Waals surface area contributed by atoms with E-state index in [-0.39, 0.29) is 5.75 Å². The van der Waals surface area contributed by atoms with Gasteiger partial charge >= 0.3 is 5.97 Å². The monoisotopic (exact) mass is 494 g/mol. The van der Waals surface area contributed by atoms with Crippen LogP contribution in [0.2, 0.25) is 0 Å². The van der Waals surface area contributed by atoms with Crippen molar-refractivity contribution in [2.45, 2.75) is 56.6 Å². The number of aliphatic hydroxyl groups is 2. The van der Waals surface area contributed by atoms with Gasteiger partial charge in [0.2, 0.25) is 29.5 Å². The van der Waals surface area contributed by atoms with E-state index in [1.54, 1.807) is 0 Å². The highest BCUT2D eigenvalue weighted by Crippen LogP contribution is 2.01. The molecular weight excluding hydrogens is 464 g/mol. The van der Waals surface area contributed by atoms with E-state index in [0.717, 1.165) is 13.8 Å². The third-order valence-electron chi connectivity index (χ3n) is 4.18. The number of hydrogen-bond acceptors (Lipinski definition) is 10. The van der Waals surface area contributed by atoms with E-state index >= 15 is 0 Å². The lowest BCUT2D eigenvalue weighted by Gasteiger charge is -2.26. The van der Waals surface area contributed by atoms with Gasteiger partial charge in [-0.05, 0) is 13.8 Å². The normalized spacial score (nSPS) is 16.2. The first-order valence-electron chi connectivity index (χ1n) is 9.63.